The van der Waals surface area contributed by atoms with E-state index < -0.39 is 0 Å². The Kier molecular flexibility index (Phi) is 6.43. The van der Waals surface area contributed by atoms with E-state index in [1.165, 1.54) is 18.3 Å². The number of fused-ring (bicyclic) bond motifs is 1. The molecule has 2 saturated carbocycles. The van der Waals surface area contributed by atoms with Crippen molar-refractivity contribution in [1.82, 2.24) is 29.2 Å². The quantitative estimate of drug-likeness (QED) is 0.228. The second kappa shape index (κ2) is 10.3. The van der Waals surface area contributed by atoms with Crippen LogP contribution < -0.4 is 15.5 Å². The molecule has 3 aliphatic rings. The fraction of sp³-hybridized carbons (Fsp3) is 0.310. The number of rotatable bonds is 8. The number of amides is 4. The molecule has 0 bridgehead atoms. The van der Waals surface area contributed by atoms with E-state index in [9.17, 15) is 19.6 Å². The molecule has 14 heteroatoms. The number of imidazole rings is 1. The molecule has 1 saturated heterocycles. The molecular formula is C29H25ClN10O3. The molecule has 2 atom stereocenters. The highest BCUT2D eigenvalue weighted by molar-refractivity contribution is 6.29. The van der Waals surface area contributed by atoms with E-state index in [1.807, 2.05) is 22.9 Å². The summed E-state index contributed by atoms with van der Waals surface area (Å²) in [5.74, 6) is 0.260. The van der Waals surface area contributed by atoms with Gasteiger partial charge in [0.05, 0.1) is 29.2 Å². The first kappa shape index (κ1) is 26.8. The number of anilines is 3. The molecule has 4 amide bonds. The van der Waals surface area contributed by atoms with E-state index in [0.29, 0.717) is 58.8 Å². The molecule has 3 fully saturated rings. The van der Waals surface area contributed by atoms with Gasteiger partial charge < -0.3 is 15.0 Å². The first-order chi connectivity index (χ1) is 20.8. The van der Waals surface area contributed by atoms with Crippen LogP contribution in [0.5, 0.6) is 0 Å². The van der Waals surface area contributed by atoms with Crippen molar-refractivity contribution < 1.29 is 14.4 Å². The van der Waals surface area contributed by atoms with Crippen LogP contribution in [0.1, 0.15) is 53.6 Å². The van der Waals surface area contributed by atoms with Gasteiger partial charge in [0.2, 0.25) is 11.8 Å². The van der Waals surface area contributed by atoms with Gasteiger partial charge >= 0.3 is 6.03 Å². The number of nitrogens with one attached hydrogen (secondary N) is 2. The van der Waals surface area contributed by atoms with Crippen LogP contribution in [0.25, 0.3) is 5.65 Å². The monoisotopic (exact) mass is 596 g/mol. The summed E-state index contributed by atoms with van der Waals surface area (Å²) in [6.07, 6.45) is 8.02. The van der Waals surface area contributed by atoms with E-state index in [0.717, 1.165) is 23.3 Å². The van der Waals surface area contributed by atoms with Crippen molar-refractivity contribution in [2.24, 2.45) is 5.92 Å². The molecule has 2 aliphatic carbocycles. The minimum absolute atomic E-state index is 0.0221. The van der Waals surface area contributed by atoms with E-state index in [2.05, 4.69) is 31.7 Å². The Balaban J connectivity index is 1.05. The fourth-order valence-corrected chi connectivity index (χ4v) is 5.55. The number of nitrogens with zero attached hydrogens (tertiary/aromatic N) is 8. The van der Waals surface area contributed by atoms with Gasteiger partial charge in [-0.15, -0.1) is 0 Å². The van der Waals surface area contributed by atoms with Gasteiger partial charge in [0.15, 0.2) is 5.65 Å². The lowest BCUT2D eigenvalue weighted by atomic mass is 10.1. The zero-order valence-electron chi connectivity index (χ0n) is 23.0. The topological polar surface area (TPSA) is 162 Å². The fourth-order valence-electron chi connectivity index (χ4n) is 5.40. The number of pyridine rings is 2. The zero-order valence-corrected chi connectivity index (χ0v) is 23.7. The number of aromatic nitrogens is 5. The minimum Gasteiger partial charge on any atom is -0.364 e. The van der Waals surface area contributed by atoms with Gasteiger partial charge in [-0.2, -0.15) is 5.26 Å². The molecule has 0 aromatic carbocycles. The molecule has 1 aliphatic heterocycles. The zero-order chi connectivity index (χ0) is 29.8. The highest BCUT2D eigenvalue weighted by atomic mass is 35.5. The summed E-state index contributed by atoms with van der Waals surface area (Å²) < 4.78 is 1.90. The summed E-state index contributed by atoms with van der Waals surface area (Å²) in [6.45, 7) is 0.296. The first-order valence-corrected chi connectivity index (χ1v) is 14.2. The summed E-state index contributed by atoms with van der Waals surface area (Å²) >= 11 is 6.01. The summed E-state index contributed by atoms with van der Waals surface area (Å²) in [5, 5.41) is 15.7. The standard InChI is InChI=1S/C29H25ClN10O3/c1-38-25(41)13-40(29(38)43)21-6-17(15-2-3-15)11-39-12-18(35-27(21)39)10-32-23-8-24(34-14-33-23)37-28(42)20-7-19(20)26-16(9-31)4-5-22(30)36-26/h4-6,8,11-12,14-15,19-20H,2-3,7,10,13H2,1H3,(H2,32,33,34,37,42). The summed E-state index contributed by atoms with van der Waals surface area (Å²) in [7, 11) is 1.48. The molecule has 13 nitrogen and oxygen atoms in total. The number of carbonyl (C=O) groups excluding carboxylic acids is 3. The number of hydrogen-bond acceptors (Lipinski definition) is 9. The largest absolute Gasteiger partial charge is 0.364 e. The van der Waals surface area contributed by atoms with Crippen molar-refractivity contribution in [2.45, 2.75) is 37.6 Å². The van der Waals surface area contributed by atoms with Gasteiger partial charge in [0.1, 0.15) is 35.7 Å². The van der Waals surface area contributed by atoms with Gasteiger partial charge in [0.25, 0.3) is 0 Å². The van der Waals surface area contributed by atoms with E-state index >= 15 is 0 Å². The molecule has 0 spiro atoms. The predicted octanol–water partition coefficient (Wildman–Crippen LogP) is 3.67. The molecule has 216 valence electrons. The van der Waals surface area contributed by atoms with Crippen molar-refractivity contribution in [3.63, 3.8) is 0 Å². The van der Waals surface area contributed by atoms with Crippen LogP contribution in [0.4, 0.5) is 22.1 Å². The number of likely N-dealkylation sites (N-methyl/N-ethyl adjacent to an activating group) is 1. The summed E-state index contributed by atoms with van der Waals surface area (Å²) in [6, 6.07) is 8.51. The van der Waals surface area contributed by atoms with E-state index in [4.69, 9.17) is 16.6 Å². The lowest BCUT2D eigenvalue weighted by Gasteiger charge is -2.17. The molecule has 4 aromatic heterocycles. The van der Waals surface area contributed by atoms with Crippen molar-refractivity contribution in [2.75, 3.05) is 29.1 Å². The summed E-state index contributed by atoms with van der Waals surface area (Å²) in [4.78, 5) is 58.0. The third kappa shape index (κ3) is 5.10. The van der Waals surface area contributed by atoms with Crippen LogP contribution in [-0.2, 0) is 16.1 Å². The number of carbonyl (C=O) groups is 3. The van der Waals surface area contributed by atoms with Crippen LogP contribution in [-0.4, -0.2) is 60.7 Å². The smallest absolute Gasteiger partial charge is 0.331 e. The first-order valence-electron chi connectivity index (χ1n) is 13.8. The molecular weight excluding hydrogens is 572 g/mol. The molecule has 7 rings (SSSR count). The lowest BCUT2D eigenvalue weighted by molar-refractivity contribution is -0.124. The van der Waals surface area contributed by atoms with Gasteiger partial charge in [-0.05, 0) is 48.9 Å². The average Bonchev–Trinajstić information content (AvgIpc) is 3.93. The molecule has 2 N–H and O–H groups in total. The number of imide groups is 1. The third-order valence-electron chi connectivity index (χ3n) is 7.99. The van der Waals surface area contributed by atoms with Gasteiger partial charge in [-0.3, -0.25) is 19.4 Å². The molecule has 2 unspecified atom stereocenters. The van der Waals surface area contributed by atoms with Crippen LogP contribution in [0, 0.1) is 17.2 Å². The maximum Gasteiger partial charge on any atom is 0.331 e. The number of hydrogen-bond donors (Lipinski definition) is 2. The Morgan fingerprint density at radius 1 is 1.14 bits per heavy atom. The summed E-state index contributed by atoms with van der Waals surface area (Å²) in [5.41, 5.74) is 3.95. The number of nitriles is 1. The minimum atomic E-state index is -0.370. The van der Waals surface area contributed by atoms with Crippen molar-refractivity contribution >= 4 is 52.4 Å². The Labute approximate surface area is 250 Å². The Morgan fingerprint density at radius 3 is 2.70 bits per heavy atom. The van der Waals surface area contributed by atoms with E-state index in [-0.39, 0.29) is 41.4 Å². The highest BCUT2D eigenvalue weighted by Gasteiger charge is 2.46. The number of urea groups is 1. The maximum absolute atomic E-state index is 12.9. The second-order valence-corrected chi connectivity index (χ2v) is 11.4. The van der Waals surface area contributed by atoms with Gasteiger partial charge in [0, 0.05) is 37.3 Å². The third-order valence-corrected chi connectivity index (χ3v) is 8.20. The molecule has 0 radical (unpaired) electrons. The average molecular weight is 597 g/mol. The normalized spacial score (nSPS) is 19.6. The highest BCUT2D eigenvalue weighted by Crippen LogP contribution is 2.48. The Bertz CT molecular complexity index is 1860. The SMILES string of the molecule is CN1C(=O)CN(c2cc(C3CC3)cn3cc(CNc4cc(NC(=O)C5CC5c5nc(Cl)ccc5C#N)ncn4)nc23)C1=O. The van der Waals surface area contributed by atoms with Crippen molar-refractivity contribution in [3.8, 4) is 6.07 Å². The van der Waals surface area contributed by atoms with Crippen molar-refractivity contribution in [3.05, 3.63) is 70.7 Å². The Hall–Kier alpha value is -5.09. The maximum atomic E-state index is 12.9. The van der Waals surface area contributed by atoms with Crippen LogP contribution in [0.3, 0.4) is 0 Å². The van der Waals surface area contributed by atoms with Gasteiger partial charge in [-0.1, -0.05) is 11.6 Å². The van der Waals surface area contributed by atoms with Crippen LogP contribution in [0.2, 0.25) is 5.15 Å². The van der Waals surface area contributed by atoms with Gasteiger partial charge in [-0.25, -0.2) is 24.7 Å². The van der Waals surface area contributed by atoms with Crippen molar-refractivity contribution in [1.29, 1.82) is 5.26 Å². The van der Waals surface area contributed by atoms with Crippen LogP contribution in [0.15, 0.2) is 43.0 Å². The van der Waals surface area contributed by atoms with E-state index in [1.54, 1.807) is 18.2 Å². The lowest BCUT2D eigenvalue weighted by Crippen LogP contribution is -2.30. The molecule has 4 aromatic rings. The Morgan fingerprint density at radius 2 is 1.95 bits per heavy atom. The number of halogens is 1. The molecule has 43 heavy (non-hydrogen) atoms. The predicted molar refractivity (Wildman–Crippen MR) is 155 cm³/mol. The van der Waals surface area contributed by atoms with Crippen LogP contribution >= 0.6 is 11.6 Å². The molecule has 5 heterocycles. The second-order valence-electron chi connectivity index (χ2n) is 11.0.